The Morgan fingerprint density at radius 3 is 2.05 bits per heavy atom. The van der Waals surface area contributed by atoms with Crippen LogP contribution in [-0.2, 0) is 30.4 Å². The lowest BCUT2D eigenvalue weighted by Gasteiger charge is -2.29. The van der Waals surface area contributed by atoms with Crippen LogP contribution in [0.4, 0.5) is 4.79 Å². The van der Waals surface area contributed by atoms with E-state index in [0.717, 1.165) is 69.6 Å². The van der Waals surface area contributed by atoms with Gasteiger partial charge in [-0.25, -0.2) is 4.79 Å². The van der Waals surface area contributed by atoms with Gasteiger partial charge in [0.05, 0.1) is 13.2 Å². The number of ether oxygens (including phenoxy) is 3. The van der Waals surface area contributed by atoms with Crippen LogP contribution in [0.5, 0.6) is 0 Å². The maximum atomic E-state index is 12.1. The Labute approximate surface area is 222 Å². The van der Waals surface area contributed by atoms with Gasteiger partial charge in [-0.2, -0.15) is 0 Å². The van der Waals surface area contributed by atoms with Gasteiger partial charge in [-0.05, 0) is 31.2 Å². The van der Waals surface area contributed by atoms with Gasteiger partial charge in [0, 0.05) is 38.8 Å². The summed E-state index contributed by atoms with van der Waals surface area (Å²) in [6.07, 6.45) is 14.3. The number of amides is 2. The monoisotopic (exact) mass is 518 g/mol. The molecule has 1 aliphatic rings. The second kappa shape index (κ2) is 19.6. The number of hydrogen-bond acceptors (Lipinski definition) is 6. The van der Waals surface area contributed by atoms with E-state index in [4.69, 9.17) is 14.2 Å². The van der Waals surface area contributed by atoms with E-state index in [-0.39, 0.29) is 12.5 Å². The zero-order chi connectivity index (χ0) is 26.4. The number of nitrogens with one attached hydrogen (secondary N) is 2. The van der Waals surface area contributed by atoms with Crippen molar-refractivity contribution in [3.63, 3.8) is 0 Å². The molecule has 208 valence electrons. The predicted octanol–water partition coefficient (Wildman–Crippen LogP) is 5.43. The van der Waals surface area contributed by atoms with E-state index in [0.29, 0.717) is 39.1 Å². The summed E-state index contributed by atoms with van der Waals surface area (Å²) in [5.41, 5.74) is 0.939. The minimum absolute atomic E-state index is 0.0667. The molecule has 8 nitrogen and oxygen atoms in total. The highest BCUT2D eigenvalue weighted by atomic mass is 16.7. The van der Waals surface area contributed by atoms with Crippen molar-refractivity contribution in [2.75, 3.05) is 26.3 Å². The largest absolute Gasteiger partial charge is 0.445 e. The van der Waals surface area contributed by atoms with Gasteiger partial charge in [0.1, 0.15) is 12.9 Å². The van der Waals surface area contributed by atoms with Crippen molar-refractivity contribution < 1.29 is 28.6 Å². The third-order valence-corrected chi connectivity index (χ3v) is 6.58. The number of rotatable bonds is 21. The van der Waals surface area contributed by atoms with Crippen molar-refractivity contribution in [1.29, 1.82) is 0 Å². The van der Waals surface area contributed by atoms with E-state index in [1.807, 2.05) is 30.3 Å². The molecule has 0 saturated heterocycles. The number of benzene rings is 1. The summed E-state index contributed by atoms with van der Waals surface area (Å²) in [5.74, 6) is -0.565. The highest BCUT2D eigenvalue weighted by molar-refractivity contribution is 5.75. The van der Waals surface area contributed by atoms with Crippen LogP contribution in [-0.4, -0.2) is 50.4 Å². The Morgan fingerprint density at radius 1 is 0.811 bits per heavy atom. The SMILES string of the molecule is O=CCCCCCCCCCCC(=O)NCCOC1(OCCNC(=O)OCc2ccccc2)CCCC1. The van der Waals surface area contributed by atoms with Gasteiger partial charge in [-0.3, -0.25) is 4.79 Å². The van der Waals surface area contributed by atoms with E-state index >= 15 is 0 Å². The average molecular weight is 519 g/mol. The third kappa shape index (κ3) is 14.8. The minimum Gasteiger partial charge on any atom is -0.445 e. The van der Waals surface area contributed by atoms with Crippen LogP contribution in [0.15, 0.2) is 30.3 Å². The van der Waals surface area contributed by atoms with Crippen molar-refractivity contribution in [2.24, 2.45) is 0 Å². The van der Waals surface area contributed by atoms with E-state index in [9.17, 15) is 14.4 Å². The quantitative estimate of drug-likeness (QED) is 0.128. The van der Waals surface area contributed by atoms with Crippen LogP contribution in [0.1, 0.15) is 95.5 Å². The van der Waals surface area contributed by atoms with Gasteiger partial charge in [-0.1, -0.05) is 68.9 Å². The van der Waals surface area contributed by atoms with Crippen molar-refractivity contribution in [3.05, 3.63) is 35.9 Å². The summed E-state index contributed by atoms with van der Waals surface area (Å²) in [7, 11) is 0. The first-order chi connectivity index (χ1) is 18.1. The lowest BCUT2D eigenvalue weighted by Crippen LogP contribution is -2.39. The Bertz CT molecular complexity index is 752. The van der Waals surface area contributed by atoms with Crippen LogP contribution in [0.25, 0.3) is 0 Å². The molecule has 37 heavy (non-hydrogen) atoms. The molecule has 8 heteroatoms. The number of unbranched alkanes of at least 4 members (excludes halogenated alkanes) is 8. The molecule has 0 aromatic heterocycles. The Hall–Kier alpha value is -2.45. The predicted molar refractivity (Wildman–Crippen MR) is 143 cm³/mol. The molecule has 0 unspecified atom stereocenters. The smallest absolute Gasteiger partial charge is 0.407 e. The molecule has 0 bridgehead atoms. The van der Waals surface area contributed by atoms with Gasteiger partial charge in [0.15, 0.2) is 5.79 Å². The standard InChI is InChI=1S/C29H46N2O6/c32-22-14-7-5-3-1-2-4-6-11-17-27(33)30-20-23-36-29(18-12-13-19-29)37-24-21-31-28(34)35-25-26-15-9-8-10-16-26/h8-10,15-16,22H,1-7,11-14,17-21,23-25H2,(H,30,33)(H,31,34). The topological polar surface area (TPSA) is 103 Å². The first kappa shape index (κ1) is 30.8. The molecule has 0 radical (unpaired) electrons. The van der Waals surface area contributed by atoms with Crippen molar-refractivity contribution in [1.82, 2.24) is 10.6 Å². The summed E-state index contributed by atoms with van der Waals surface area (Å²) in [4.78, 5) is 34.3. The highest BCUT2D eigenvalue weighted by Gasteiger charge is 2.35. The molecule has 1 saturated carbocycles. The van der Waals surface area contributed by atoms with E-state index < -0.39 is 11.9 Å². The molecule has 0 spiro atoms. The number of carbonyl (C=O) groups is 3. The van der Waals surface area contributed by atoms with Crippen LogP contribution in [0, 0.1) is 0 Å². The fraction of sp³-hybridized carbons (Fsp3) is 0.690. The number of hydrogen-bond donors (Lipinski definition) is 2. The Kier molecular flexibility index (Phi) is 16.3. The molecular weight excluding hydrogens is 472 g/mol. The molecule has 1 aromatic carbocycles. The van der Waals surface area contributed by atoms with Crippen LogP contribution < -0.4 is 10.6 Å². The van der Waals surface area contributed by atoms with E-state index in [1.54, 1.807) is 0 Å². The van der Waals surface area contributed by atoms with Gasteiger partial charge in [-0.15, -0.1) is 0 Å². The van der Waals surface area contributed by atoms with E-state index in [1.165, 1.54) is 19.3 Å². The normalized spacial score (nSPS) is 14.3. The summed E-state index contributed by atoms with van der Waals surface area (Å²) >= 11 is 0. The average Bonchev–Trinajstić information content (AvgIpc) is 3.38. The number of aldehydes is 1. The van der Waals surface area contributed by atoms with Crippen LogP contribution in [0.2, 0.25) is 0 Å². The summed E-state index contributed by atoms with van der Waals surface area (Å²) in [6.45, 7) is 1.79. The van der Waals surface area contributed by atoms with Crippen molar-refractivity contribution in [2.45, 2.75) is 102 Å². The fourth-order valence-corrected chi connectivity index (χ4v) is 4.50. The molecule has 0 heterocycles. The van der Waals surface area contributed by atoms with Gasteiger partial charge >= 0.3 is 6.09 Å². The number of alkyl carbamates (subject to hydrolysis) is 1. The molecule has 1 fully saturated rings. The molecule has 2 amide bonds. The van der Waals surface area contributed by atoms with Crippen molar-refractivity contribution in [3.8, 4) is 0 Å². The zero-order valence-electron chi connectivity index (χ0n) is 22.3. The second-order valence-electron chi connectivity index (χ2n) is 9.69. The second-order valence-corrected chi connectivity index (χ2v) is 9.69. The lowest BCUT2D eigenvalue weighted by molar-refractivity contribution is -0.230. The highest BCUT2D eigenvalue weighted by Crippen LogP contribution is 2.34. The lowest BCUT2D eigenvalue weighted by atomic mass is 10.1. The van der Waals surface area contributed by atoms with E-state index in [2.05, 4.69) is 10.6 Å². The molecule has 0 atom stereocenters. The molecule has 0 aliphatic heterocycles. The first-order valence-corrected chi connectivity index (χ1v) is 14.1. The van der Waals surface area contributed by atoms with Crippen LogP contribution >= 0.6 is 0 Å². The summed E-state index contributed by atoms with van der Waals surface area (Å²) in [5, 5.41) is 5.65. The maximum absolute atomic E-state index is 12.1. The minimum atomic E-state index is -0.631. The van der Waals surface area contributed by atoms with Gasteiger partial charge in [0.2, 0.25) is 5.91 Å². The molecule has 2 N–H and O–H groups in total. The maximum Gasteiger partial charge on any atom is 0.407 e. The molecule has 1 aromatic rings. The van der Waals surface area contributed by atoms with Gasteiger partial charge in [0.25, 0.3) is 0 Å². The Balaban J connectivity index is 1.47. The molecular formula is C29H46N2O6. The molecule has 1 aliphatic carbocycles. The third-order valence-electron chi connectivity index (χ3n) is 6.58. The molecule has 2 rings (SSSR count). The zero-order valence-corrected chi connectivity index (χ0v) is 22.3. The van der Waals surface area contributed by atoms with Crippen LogP contribution in [0.3, 0.4) is 0 Å². The first-order valence-electron chi connectivity index (χ1n) is 14.1. The summed E-state index contributed by atoms with van der Waals surface area (Å²) in [6, 6.07) is 9.54. The number of carbonyl (C=O) groups excluding carboxylic acids is 3. The Morgan fingerprint density at radius 2 is 1.41 bits per heavy atom. The van der Waals surface area contributed by atoms with Gasteiger partial charge < -0.3 is 29.6 Å². The summed E-state index contributed by atoms with van der Waals surface area (Å²) < 4.78 is 17.3. The van der Waals surface area contributed by atoms with Crippen molar-refractivity contribution >= 4 is 18.3 Å². The fourth-order valence-electron chi connectivity index (χ4n) is 4.50.